The van der Waals surface area contributed by atoms with E-state index in [2.05, 4.69) is 22.5 Å². The summed E-state index contributed by atoms with van der Waals surface area (Å²) in [5.74, 6) is 1.36. The van der Waals surface area contributed by atoms with Crippen molar-refractivity contribution in [1.29, 1.82) is 0 Å². The molecule has 1 saturated heterocycles. The Hall–Kier alpha value is -1.62. The minimum atomic E-state index is -0.0796. The Kier molecular flexibility index (Phi) is 5.35. The van der Waals surface area contributed by atoms with Gasteiger partial charge in [0.25, 0.3) is 5.91 Å². The molecule has 2 rings (SSSR count). The van der Waals surface area contributed by atoms with Crippen LogP contribution in [-0.4, -0.2) is 36.7 Å². The molecular formula is C15H23N3O2. The number of hydrogen-bond donors (Lipinski definition) is 2. The molecule has 1 aliphatic rings. The van der Waals surface area contributed by atoms with E-state index >= 15 is 0 Å². The standard InChI is InChI=1S/C15H23N3O2/c1-3-16-15(19)13-4-5-14(17-10-13)18-11(2)12-6-8-20-9-7-12/h4-5,10-12H,3,6-9H2,1-2H3,(H,16,19)(H,17,18). The van der Waals surface area contributed by atoms with Gasteiger partial charge in [-0.15, -0.1) is 0 Å². The minimum absolute atomic E-state index is 0.0796. The number of nitrogens with one attached hydrogen (secondary N) is 2. The second-order valence-electron chi connectivity index (χ2n) is 5.17. The quantitative estimate of drug-likeness (QED) is 0.864. The normalized spacial score (nSPS) is 17.5. The third kappa shape index (κ3) is 3.93. The zero-order valence-electron chi connectivity index (χ0n) is 12.2. The molecule has 5 nitrogen and oxygen atoms in total. The summed E-state index contributed by atoms with van der Waals surface area (Å²) < 4.78 is 5.38. The molecule has 0 aromatic carbocycles. The van der Waals surface area contributed by atoms with Gasteiger partial charge < -0.3 is 15.4 Å². The van der Waals surface area contributed by atoms with E-state index < -0.39 is 0 Å². The average Bonchev–Trinajstić information content (AvgIpc) is 2.49. The van der Waals surface area contributed by atoms with Crippen molar-refractivity contribution in [2.24, 2.45) is 5.92 Å². The largest absolute Gasteiger partial charge is 0.381 e. The highest BCUT2D eigenvalue weighted by molar-refractivity contribution is 5.93. The van der Waals surface area contributed by atoms with Crippen LogP contribution in [0.1, 0.15) is 37.0 Å². The van der Waals surface area contributed by atoms with E-state index in [1.807, 2.05) is 13.0 Å². The van der Waals surface area contributed by atoms with Gasteiger partial charge in [0.15, 0.2) is 0 Å². The first-order valence-electron chi connectivity index (χ1n) is 7.29. The Balaban J connectivity index is 1.91. The summed E-state index contributed by atoms with van der Waals surface area (Å²) in [6, 6.07) is 4.03. The second-order valence-corrected chi connectivity index (χ2v) is 5.17. The Morgan fingerprint density at radius 1 is 1.45 bits per heavy atom. The molecule has 1 aliphatic heterocycles. The Bertz CT molecular complexity index is 427. The van der Waals surface area contributed by atoms with Crippen LogP contribution < -0.4 is 10.6 Å². The third-order valence-corrected chi connectivity index (χ3v) is 3.71. The molecule has 2 heterocycles. The van der Waals surface area contributed by atoms with E-state index in [1.165, 1.54) is 0 Å². The first-order chi connectivity index (χ1) is 9.70. The molecule has 1 amide bonds. The van der Waals surface area contributed by atoms with Crippen LogP contribution in [0.4, 0.5) is 5.82 Å². The SMILES string of the molecule is CCNC(=O)c1ccc(NC(C)C2CCOCC2)nc1. The van der Waals surface area contributed by atoms with Crippen molar-refractivity contribution in [3.8, 4) is 0 Å². The van der Waals surface area contributed by atoms with Crippen LogP contribution in [-0.2, 0) is 4.74 Å². The summed E-state index contributed by atoms with van der Waals surface area (Å²) >= 11 is 0. The molecule has 1 fully saturated rings. The van der Waals surface area contributed by atoms with E-state index in [9.17, 15) is 4.79 Å². The number of nitrogens with zero attached hydrogens (tertiary/aromatic N) is 1. The maximum absolute atomic E-state index is 11.6. The smallest absolute Gasteiger partial charge is 0.252 e. The molecule has 0 saturated carbocycles. The minimum Gasteiger partial charge on any atom is -0.381 e. The monoisotopic (exact) mass is 277 g/mol. The van der Waals surface area contributed by atoms with Crippen LogP contribution in [0.25, 0.3) is 0 Å². The van der Waals surface area contributed by atoms with Crippen molar-refractivity contribution in [2.75, 3.05) is 25.1 Å². The fourth-order valence-corrected chi connectivity index (χ4v) is 2.44. The maximum atomic E-state index is 11.6. The number of aromatic nitrogens is 1. The second kappa shape index (κ2) is 7.24. The molecule has 0 aliphatic carbocycles. The van der Waals surface area contributed by atoms with Crippen LogP contribution in [0.5, 0.6) is 0 Å². The van der Waals surface area contributed by atoms with E-state index in [0.29, 0.717) is 24.1 Å². The lowest BCUT2D eigenvalue weighted by Gasteiger charge is -2.28. The molecule has 5 heteroatoms. The predicted octanol–water partition coefficient (Wildman–Crippen LogP) is 2.06. The van der Waals surface area contributed by atoms with Gasteiger partial charge in [0.2, 0.25) is 0 Å². The number of pyridine rings is 1. The Labute approximate surface area is 120 Å². The van der Waals surface area contributed by atoms with Gasteiger partial charge in [0.1, 0.15) is 5.82 Å². The molecular weight excluding hydrogens is 254 g/mol. The number of rotatable bonds is 5. The van der Waals surface area contributed by atoms with Gasteiger partial charge in [-0.05, 0) is 44.7 Å². The van der Waals surface area contributed by atoms with E-state index in [1.54, 1.807) is 12.3 Å². The van der Waals surface area contributed by atoms with Crippen molar-refractivity contribution < 1.29 is 9.53 Å². The zero-order valence-corrected chi connectivity index (χ0v) is 12.2. The summed E-state index contributed by atoms with van der Waals surface area (Å²) in [6.45, 7) is 6.40. The third-order valence-electron chi connectivity index (χ3n) is 3.71. The van der Waals surface area contributed by atoms with E-state index in [0.717, 1.165) is 31.9 Å². The molecule has 2 N–H and O–H groups in total. The number of carbonyl (C=O) groups is 1. The zero-order chi connectivity index (χ0) is 14.4. The van der Waals surface area contributed by atoms with E-state index in [4.69, 9.17) is 4.74 Å². The van der Waals surface area contributed by atoms with Crippen LogP contribution in [0.15, 0.2) is 18.3 Å². The average molecular weight is 277 g/mol. The molecule has 1 unspecified atom stereocenters. The van der Waals surface area contributed by atoms with Crippen molar-refractivity contribution in [3.63, 3.8) is 0 Å². The summed E-state index contributed by atoms with van der Waals surface area (Å²) in [7, 11) is 0. The number of anilines is 1. The van der Waals surface area contributed by atoms with Gasteiger partial charge in [0, 0.05) is 32.0 Å². The van der Waals surface area contributed by atoms with Gasteiger partial charge in [-0.25, -0.2) is 4.98 Å². The van der Waals surface area contributed by atoms with Crippen molar-refractivity contribution in [2.45, 2.75) is 32.7 Å². The van der Waals surface area contributed by atoms with Crippen LogP contribution in [0.3, 0.4) is 0 Å². The lowest BCUT2D eigenvalue weighted by Crippen LogP contribution is -2.31. The van der Waals surface area contributed by atoms with Gasteiger partial charge in [-0.2, -0.15) is 0 Å². The summed E-state index contributed by atoms with van der Waals surface area (Å²) in [4.78, 5) is 16.0. The molecule has 0 spiro atoms. The van der Waals surface area contributed by atoms with Crippen LogP contribution in [0, 0.1) is 5.92 Å². The van der Waals surface area contributed by atoms with Gasteiger partial charge >= 0.3 is 0 Å². The molecule has 1 aromatic heterocycles. The first-order valence-corrected chi connectivity index (χ1v) is 7.29. The maximum Gasteiger partial charge on any atom is 0.252 e. The van der Waals surface area contributed by atoms with Crippen LogP contribution in [0.2, 0.25) is 0 Å². The van der Waals surface area contributed by atoms with Crippen molar-refractivity contribution in [1.82, 2.24) is 10.3 Å². The molecule has 0 bridgehead atoms. The predicted molar refractivity (Wildman–Crippen MR) is 78.9 cm³/mol. The Morgan fingerprint density at radius 2 is 2.20 bits per heavy atom. The fraction of sp³-hybridized carbons (Fsp3) is 0.600. The molecule has 1 atom stereocenters. The lowest BCUT2D eigenvalue weighted by atomic mass is 9.93. The van der Waals surface area contributed by atoms with Gasteiger partial charge in [-0.3, -0.25) is 4.79 Å². The highest BCUT2D eigenvalue weighted by Crippen LogP contribution is 2.21. The van der Waals surface area contributed by atoms with Crippen LogP contribution >= 0.6 is 0 Å². The van der Waals surface area contributed by atoms with Crippen molar-refractivity contribution >= 4 is 11.7 Å². The summed E-state index contributed by atoms with van der Waals surface area (Å²) in [6.07, 6.45) is 3.79. The summed E-state index contributed by atoms with van der Waals surface area (Å²) in [5.41, 5.74) is 0.594. The lowest BCUT2D eigenvalue weighted by molar-refractivity contribution is 0.0622. The van der Waals surface area contributed by atoms with E-state index in [-0.39, 0.29) is 5.91 Å². The number of amides is 1. The van der Waals surface area contributed by atoms with Gasteiger partial charge in [-0.1, -0.05) is 0 Å². The Morgan fingerprint density at radius 3 is 2.80 bits per heavy atom. The highest BCUT2D eigenvalue weighted by Gasteiger charge is 2.20. The topological polar surface area (TPSA) is 63.2 Å². The van der Waals surface area contributed by atoms with Gasteiger partial charge in [0.05, 0.1) is 5.56 Å². The summed E-state index contributed by atoms with van der Waals surface area (Å²) in [5, 5.41) is 6.17. The molecule has 110 valence electrons. The van der Waals surface area contributed by atoms with Crippen molar-refractivity contribution in [3.05, 3.63) is 23.9 Å². The molecule has 20 heavy (non-hydrogen) atoms. The fourth-order valence-electron chi connectivity index (χ4n) is 2.44. The molecule has 1 aromatic rings. The number of hydrogen-bond acceptors (Lipinski definition) is 4. The highest BCUT2D eigenvalue weighted by atomic mass is 16.5. The number of ether oxygens (including phenoxy) is 1. The number of carbonyl (C=O) groups excluding carboxylic acids is 1. The molecule has 0 radical (unpaired) electrons. The first kappa shape index (κ1) is 14.8.